The fourth-order valence-electron chi connectivity index (χ4n) is 2.09. The zero-order valence-corrected chi connectivity index (χ0v) is 12.9. The first kappa shape index (κ1) is 17.1. The van der Waals surface area contributed by atoms with Crippen molar-refractivity contribution in [1.82, 2.24) is 0 Å². The zero-order chi connectivity index (χ0) is 13.2. The first-order valence-electron chi connectivity index (χ1n) is 5.97. The Morgan fingerprint density at radius 1 is 1.24 bits per heavy atom. The zero-order valence-electron chi connectivity index (χ0n) is 11.2. The Hall–Kier alpha value is -1.91. The van der Waals surface area contributed by atoms with Gasteiger partial charge in [-0.15, -0.1) is 24.8 Å². The van der Waals surface area contributed by atoms with Crippen LogP contribution in [0.1, 0.15) is 5.56 Å². The molecule has 0 saturated carbocycles. The molecule has 6 heteroatoms. The maximum absolute atomic E-state index is 11.0. The van der Waals surface area contributed by atoms with Crippen molar-refractivity contribution in [2.24, 2.45) is 15.9 Å². The van der Waals surface area contributed by atoms with Gasteiger partial charge in [0.2, 0.25) is 0 Å². The Morgan fingerprint density at radius 3 is 2.76 bits per heavy atom. The second-order valence-electron chi connectivity index (χ2n) is 4.26. The third-order valence-corrected chi connectivity index (χ3v) is 3.08. The smallest absolute Gasteiger partial charge is 0.160 e. The van der Waals surface area contributed by atoms with Crippen LogP contribution in [0.4, 0.5) is 0 Å². The second kappa shape index (κ2) is 7.20. The molecular weight excluding hydrogens is 311 g/mol. The number of methoxy groups -OCH3 is 1. The number of carbonyl (C=O) groups excluding carboxylic acids is 1. The monoisotopic (exact) mass is 324 g/mol. The molecule has 0 bridgehead atoms. The standard InChI is InChI=1S/C15H12N2O2.2ClH/c1-19-12-6-2-4-10(8-12)15-16-13-7-3-5-11(9-18)14(13)17-15;;/h2-9,11H,1H3;2*1H. The molecule has 0 aromatic heterocycles. The quantitative estimate of drug-likeness (QED) is 0.802. The van der Waals surface area contributed by atoms with Gasteiger partial charge in [-0.1, -0.05) is 24.3 Å². The van der Waals surface area contributed by atoms with Gasteiger partial charge in [0.15, 0.2) is 5.84 Å². The number of aldehydes is 1. The Balaban J connectivity index is 0.00000110. The van der Waals surface area contributed by atoms with E-state index in [0.29, 0.717) is 5.84 Å². The van der Waals surface area contributed by atoms with Gasteiger partial charge >= 0.3 is 0 Å². The highest BCUT2D eigenvalue weighted by molar-refractivity contribution is 6.22. The molecule has 1 aromatic carbocycles. The van der Waals surface area contributed by atoms with E-state index in [0.717, 1.165) is 29.0 Å². The molecule has 0 spiro atoms. The molecule has 2 aliphatic rings. The minimum absolute atomic E-state index is 0. The van der Waals surface area contributed by atoms with E-state index in [1.165, 1.54) is 0 Å². The summed E-state index contributed by atoms with van der Waals surface area (Å²) in [6.07, 6.45) is 6.41. The first-order valence-corrected chi connectivity index (χ1v) is 5.97. The molecule has 0 N–H and O–H groups in total. The Bertz CT molecular complexity index is 663. The number of rotatable bonds is 3. The Kier molecular flexibility index (Phi) is 5.88. The number of ether oxygens (including phenoxy) is 1. The molecule has 1 heterocycles. The van der Waals surface area contributed by atoms with Crippen molar-refractivity contribution in [3.63, 3.8) is 0 Å². The van der Waals surface area contributed by atoms with Crippen LogP contribution in [0.3, 0.4) is 0 Å². The lowest BCUT2D eigenvalue weighted by molar-refractivity contribution is -0.108. The van der Waals surface area contributed by atoms with Crippen molar-refractivity contribution in [3.8, 4) is 5.75 Å². The molecule has 0 fully saturated rings. The molecule has 110 valence electrons. The summed E-state index contributed by atoms with van der Waals surface area (Å²) in [5.74, 6) is 1.08. The van der Waals surface area contributed by atoms with Gasteiger partial charge in [-0.2, -0.15) is 0 Å². The fraction of sp³-hybridized carbons (Fsp3) is 0.133. The number of hydrogen-bond donors (Lipinski definition) is 0. The van der Waals surface area contributed by atoms with Crippen LogP contribution in [-0.4, -0.2) is 24.9 Å². The summed E-state index contributed by atoms with van der Waals surface area (Å²) in [7, 11) is 1.62. The van der Waals surface area contributed by atoms with Crippen LogP contribution in [0.25, 0.3) is 0 Å². The van der Waals surface area contributed by atoms with Gasteiger partial charge in [-0.25, -0.2) is 9.98 Å². The SMILES string of the molecule is COc1cccc(C2=NC3=CC=CC(C=O)C3=N2)c1.Cl.Cl. The van der Waals surface area contributed by atoms with Gasteiger partial charge in [0.25, 0.3) is 0 Å². The largest absolute Gasteiger partial charge is 0.497 e. The van der Waals surface area contributed by atoms with E-state index < -0.39 is 0 Å². The Morgan fingerprint density at radius 2 is 2.05 bits per heavy atom. The summed E-state index contributed by atoms with van der Waals surface area (Å²) in [5, 5.41) is 0. The van der Waals surface area contributed by atoms with Crippen molar-refractivity contribution >= 4 is 42.6 Å². The van der Waals surface area contributed by atoms with E-state index >= 15 is 0 Å². The fourth-order valence-corrected chi connectivity index (χ4v) is 2.09. The average Bonchev–Trinajstić information content (AvgIpc) is 2.91. The van der Waals surface area contributed by atoms with Gasteiger partial charge in [-0.3, -0.25) is 0 Å². The normalized spacial score (nSPS) is 18.3. The number of allylic oxidation sites excluding steroid dienone is 4. The minimum Gasteiger partial charge on any atom is -0.497 e. The van der Waals surface area contributed by atoms with Gasteiger partial charge in [-0.05, 0) is 18.2 Å². The van der Waals surface area contributed by atoms with Crippen LogP contribution in [-0.2, 0) is 4.79 Å². The lowest BCUT2D eigenvalue weighted by atomic mass is 9.98. The van der Waals surface area contributed by atoms with Crippen LogP contribution >= 0.6 is 24.8 Å². The average molecular weight is 325 g/mol. The molecule has 3 rings (SSSR count). The number of amidine groups is 1. The highest BCUT2D eigenvalue weighted by atomic mass is 35.5. The summed E-state index contributed by atoms with van der Waals surface area (Å²) in [4.78, 5) is 19.9. The van der Waals surface area contributed by atoms with E-state index in [2.05, 4.69) is 9.98 Å². The lowest BCUT2D eigenvalue weighted by Gasteiger charge is -2.08. The third-order valence-electron chi connectivity index (χ3n) is 3.08. The molecule has 0 radical (unpaired) electrons. The summed E-state index contributed by atoms with van der Waals surface area (Å²) >= 11 is 0. The molecule has 1 aliphatic carbocycles. The first-order chi connectivity index (χ1) is 9.31. The summed E-state index contributed by atoms with van der Waals surface area (Å²) in [5.41, 5.74) is 2.36. The second-order valence-corrected chi connectivity index (χ2v) is 4.26. The van der Waals surface area contributed by atoms with E-state index in [4.69, 9.17) is 4.74 Å². The summed E-state index contributed by atoms with van der Waals surface area (Å²) in [6.45, 7) is 0. The number of aliphatic imine (C=N–C) groups is 2. The number of fused-ring (bicyclic) bond motifs is 1. The molecule has 1 unspecified atom stereocenters. The van der Waals surface area contributed by atoms with Crippen LogP contribution in [0.5, 0.6) is 5.75 Å². The van der Waals surface area contributed by atoms with E-state index in [9.17, 15) is 4.79 Å². The number of hydrogen-bond acceptors (Lipinski definition) is 4. The maximum atomic E-state index is 11.0. The Labute approximate surface area is 135 Å². The van der Waals surface area contributed by atoms with Gasteiger partial charge in [0, 0.05) is 5.56 Å². The molecule has 1 aromatic rings. The van der Waals surface area contributed by atoms with Crippen molar-refractivity contribution in [2.45, 2.75) is 0 Å². The van der Waals surface area contributed by atoms with E-state index in [1.807, 2.05) is 42.5 Å². The lowest BCUT2D eigenvalue weighted by Crippen LogP contribution is -2.15. The predicted octanol–water partition coefficient (Wildman–Crippen LogP) is 3.01. The van der Waals surface area contributed by atoms with E-state index in [1.54, 1.807) is 7.11 Å². The van der Waals surface area contributed by atoms with Crippen LogP contribution < -0.4 is 4.74 Å². The van der Waals surface area contributed by atoms with Crippen molar-refractivity contribution in [1.29, 1.82) is 0 Å². The summed E-state index contributed by atoms with van der Waals surface area (Å²) < 4.78 is 5.19. The van der Waals surface area contributed by atoms with Crippen LogP contribution in [0, 0.1) is 5.92 Å². The molecule has 1 atom stereocenters. The topological polar surface area (TPSA) is 51.0 Å². The molecule has 21 heavy (non-hydrogen) atoms. The highest BCUT2D eigenvalue weighted by Gasteiger charge is 2.25. The minimum atomic E-state index is -0.299. The molecule has 0 saturated heterocycles. The van der Waals surface area contributed by atoms with Crippen LogP contribution in [0.2, 0.25) is 0 Å². The molecule has 0 amide bonds. The van der Waals surface area contributed by atoms with Crippen molar-refractivity contribution in [3.05, 3.63) is 53.8 Å². The predicted molar refractivity (Wildman–Crippen MR) is 88.2 cm³/mol. The van der Waals surface area contributed by atoms with Gasteiger partial charge < -0.3 is 9.53 Å². The highest BCUT2D eigenvalue weighted by Crippen LogP contribution is 2.24. The van der Waals surface area contributed by atoms with Crippen LogP contribution in [0.15, 0.2) is 58.2 Å². The molecular formula is C15H14Cl2N2O2. The van der Waals surface area contributed by atoms with Crippen molar-refractivity contribution < 1.29 is 9.53 Å². The van der Waals surface area contributed by atoms with Gasteiger partial charge in [0.1, 0.15) is 12.0 Å². The number of nitrogens with zero attached hydrogens (tertiary/aromatic N) is 2. The van der Waals surface area contributed by atoms with E-state index in [-0.39, 0.29) is 30.7 Å². The number of benzene rings is 1. The number of carbonyl (C=O) groups is 1. The summed E-state index contributed by atoms with van der Waals surface area (Å²) in [6, 6.07) is 7.56. The van der Waals surface area contributed by atoms with Gasteiger partial charge in [0.05, 0.1) is 24.4 Å². The van der Waals surface area contributed by atoms with Crippen molar-refractivity contribution in [2.75, 3.05) is 7.11 Å². The maximum Gasteiger partial charge on any atom is 0.160 e. The molecule has 4 nitrogen and oxygen atoms in total. The third kappa shape index (κ3) is 3.23. The molecule has 1 aliphatic heterocycles. The number of halogens is 2.